The van der Waals surface area contributed by atoms with Gasteiger partial charge in [0.2, 0.25) is 0 Å². The second-order valence-electron chi connectivity index (χ2n) is 4.44. The standard InChI is InChI=1S/C16H20N2O2/c1-3-9-17-11-13-8-10-18-12-16(13)20-15-6-4-14(19-2)5-7-15/h4-8,10,12,17H,3,9,11H2,1-2H3. The highest BCUT2D eigenvalue weighted by Crippen LogP contribution is 2.26. The van der Waals surface area contributed by atoms with Gasteiger partial charge in [-0.15, -0.1) is 0 Å². The quantitative estimate of drug-likeness (QED) is 0.785. The molecular weight excluding hydrogens is 252 g/mol. The van der Waals surface area contributed by atoms with E-state index in [1.54, 1.807) is 19.5 Å². The molecule has 2 rings (SSSR count). The molecule has 0 saturated heterocycles. The molecule has 0 aliphatic heterocycles. The maximum absolute atomic E-state index is 5.88. The normalized spacial score (nSPS) is 10.3. The van der Waals surface area contributed by atoms with E-state index in [0.717, 1.165) is 42.3 Å². The minimum absolute atomic E-state index is 0.774. The van der Waals surface area contributed by atoms with Gasteiger partial charge >= 0.3 is 0 Å². The zero-order valence-electron chi connectivity index (χ0n) is 11.9. The van der Waals surface area contributed by atoms with Gasteiger partial charge in [-0.25, -0.2) is 0 Å². The van der Waals surface area contributed by atoms with Crippen LogP contribution in [0.2, 0.25) is 0 Å². The van der Waals surface area contributed by atoms with Crippen molar-refractivity contribution in [2.45, 2.75) is 19.9 Å². The Hall–Kier alpha value is -2.07. The van der Waals surface area contributed by atoms with Gasteiger partial charge in [0, 0.05) is 18.3 Å². The van der Waals surface area contributed by atoms with E-state index in [-0.39, 0.29) is 0 Å². The molecule has 0 bridgehead atoms. The number of hydrogen-bond donors (Lipinski definition) is 1. The van der Waals surface area contributed by atoms with Crippen LogP contribution in [0.4, 0.5) is 0 Å². The summed E-state index contributed by atoms with van der Waals surface area (Å²) in [7, 11) is 1.65. The maximum atomic E-state index is 5.88. The molecule has 20 heavy (non-hydrogen) atoms. The van der Waals surface area contributed by atoms with E-state index in [4.69, 9.17) is 9.47 Å². The van der Waals surface area contributed by atoms with Crippen LogP contribution in [0.1, 0.15) is 18.9 Å². The monoisotopic (exact) mass is 272 g/mol. The zero-order valence-corrected chi connectivity index (χ0v) is 11.9. The topological polar surface area (TPSA) is 43.4 Å². The van der Waals surface area contributed by atoms with Crippen molar-refractivity contribution >= 4 is 0 Å². The first kappa shape index (κ1) is 14.3. The molecule has 1 heterocycles. The van der Waals surface area contributed by atoms with Crippen molar-refractivity contribution in [2.75, 3.05) is 13.7 Å². The van der Waals surface area contributed by atoms with Crippen LogP contribution in [0, 0.1) is 0 Å². The Morgan fingerprint density at radius 2 is 1.85 bits per heavy atom. The second-order valence-corrected chi connectivity index (χ2v) is 4.44. The molecule has 0 spiro atoms. The van der Waals surface area contributed by atoms with E-state index in [1.807, 2.05) is 30.3 Å². The number of aromatic nitrogens is 1. The van der Waals surface area contributed by atoms with Crippen molar-refractivity contribution < 1.29 is 9.47 Å². The third-order valence-corrected chi connectivity index (χ3v) is 2.90. The Bertz CT molecular complexity index is 526. The number of nitrogens with one attached hydrogen (secondary N) is 1. The summed E-state index contributed by atoms with van der Waals surface area (Å²) < 4.78 is 11.0. The smallest absolute Gasteiger partial charge is 0.150 e. The lowest BCUT2D eigenvalue weighted by atomic mass is 10.2. The van der Waals surface area contributed by atoms with Crippen LogP contribution in [0.3, 0.4) is 0 Å². The largest absolute Gasteiger partial charge is 0.497 e. The van der Waals surface area contributed by atoms with Gasteiger partial charge in [-0.3, -0.25) is 4.98 Å². The summed E-state index contributed by atoms with van der Waals surface area (Å²) in [6, 6.07) is 9.49. The van der Waals surface area contributed by atoms with Gasteiger partial charge in [0.25, 0.3) is 0 Å². The van der Waals surface area contributed by atoms with Crippen LogP contribution < -0.4 is 14.8 Å². The summed E-state index contributed by atoms with van der Waals surface area (Å²) in [5.74, 6) is 2.37. The Morgan fingerprint density at radius 3 is 2.55 bits per heavy atom. The lowest BCUT2D eigenvalue weighted by Crippen LogP contribution is -2.14. The first-order chi connectivity index (χ1) is 9.83. The molecule has 0 fully saturated rings. The fourth-order valence-electron chi connectivity index (χ4n) is 1.82. The Labute approximate surface area is 119 Å². The van der Waals surface area contributed by atoms with Crippen LogP contribution >= 0.6 is 0 Å². The predicted octanol–water partition coefficient (Wildman–Crippen LogP) is 3.38. The summed E-state index contributed by atoms with van der Waals surface area (Å²) in [5.41, 5.74) is 1.10. The SMILES string of the molecule is CCCNCc1ccncc1Oc1ccc(OC)cc1. The second kappa shape index (κ2) is 7.50. The highest BCUT2D eigenvalue weighted by molar-refractivity contribution is 5.37. The molecule has 1 aromatic heterocycles. The zero-order chi connectivity index (χ0) is 14.2. The van der Waals surface area contributed by atoms with Gasteiger partial charge in [-0.1, -0.05) is 6.92 Å². The number of nitrogens with zero attached hydrogens (tertiary/aromatic N) is 1. The summed E-state index contributed by atoms with van der Waals surface area (Å²) in [6.45, 7) is 3.92. The van der Waals surface area contributed by atoms with E-state index in [2.05, 4.69) is 17.2 Å². The molecular formula is C16H20N2O2. The molecule has 0 aliphatic rings. The molecule has 0 unspecified atom stereocenters. The van der Waals surface area contributed by atoms with Crippen LogP contribution in [-0.2, 0) is 6.54 Å². The third-order valence-electron chi connectivity index (χ3n) is 2.90. The molecule has 0 radical (unpaired) electrons. The van der Waals surface area contributed by atoms with Gasteiger partial charge in [-0.05, 0) is 43.3 Å². The molecule has 106 valence electrons. The number of pyridine rings is 1. The van der Waals surface area contributed by atoms with Crippen molar-refractivity contribution in [2.24, 2.45) is 0 Å². The molecule has 1 N–H and O–H groups in total. The predicted molar refractivity (Wildman–Crippen MR) is 79.3 cm³/mol. The number of benzene rings is 1. The highest BCUT2D eigenvalue weighted by atomic mass is 16.5. The van der Waals surface area contributed by atoms with E-state index in [9.17, 15) is 0 Å². The molecule has 0 atom stereocenters. The van der Waals surface area contributed by atoms with Gasteiger partial charge < -0.3 is 14.8 Å². The van der Waals surface area contributed by atoms with E-state index >= 15 is 0 Å². The molecule has 4 nitrogen and oxygen atoms in total. The van der Waals surface area contributed by atoms with Crippen LogP contribution in [-0.4, -0.2) is 18.6 Å². The first-order valence-corrected chi connectivity index (χ1v) is 6.79. The summed E-state index contributed by atoms with van der Waals surface area (Å²) in [5, 5.41) is 3.37. The Morgan fingerprint density at radius 1 is 1.10 bits per heavy atom. The van der Waals surface area contributed by atoms with Crippen molar-refractivity contribution in [1.82, 2.24) is 10.3 Å². The van der Waals surface area contributed by atoms with Crippen molar-refractivity contribution in [3.8, 4) is 17.2 Å². The van der Waals surface area contributed by atoms with Crippen LogP contribution in [0.5, 0.6) is 17.2 Å². The van der Waals surface area contributed by atoms with Gasteiger partial charge in [0.15, 0.2) is 0 Å². The average molecular weight is 272 g/mol. The Balaban J connectivity index is 2.07. The van der Waals surface area contributed by atoms with Crippen LogP contribution in [0.15, 0.2) is 42.7 Å². The van der Waals surface area contributed by atoms with Gasteiger partial charge in [0.05, 0.1) is 13.3 Å². The van der Waals surface area contributed by atoms with Crippen molar-refractivity contribution in [1.29, 1.82) is 0 Å². The number of ether oxygens (including phenoxy) is 2. The number of hydrogen-bond acceptors (Lipinski definition) is 4. The minimum Gasteiger partial charge on any atom is -0.497 e. The molecule has 0 aliphatic carbocycles. The number of rotatable bonds is 7. The van der Waals surface area contributed by atoms with Crippen molar-refractivity contribution in [3.05, 3.63) is 48.3 Å². The average Bonchev–Trinajstić information content (AvgIpc) is 2.50. The Kier molecular flexibility index (Phi) is 5.38. The molecule has 0 saturated carbocycles. The summed E-state index contributed by atoms with van der Waals surface area (Å²) >= 11 is 0. The van der Waals surface area contributed by atoms with Crippen molar-refractivity contribution in [3.63, 3.8) is 0 Å². The van der Waals surface area contributed by atoms with E-state index in [1.165, 1.54) is 0 Å². The van der Waals surface area contributed by atoms with E-state index < -0.39 is 0 Å². The summed E-state index contributed by atoms with van der Waals surface area (Å²) in [6.07, 6.45) is 4.64. The highest BCUT2D eigenvalue weighted by Gasteiger charge is 2.05. The van der Waals surface area contributed by atoms with Gasteiger partial charge in [0.1, 0.15) is 17.2 Å². The summed E-state index contributed by atoms with van der Waals surface area (Å²) in [4.78, 5) is 4.13. The molecule has 0 amide bonds. The van der Waals surface area contributed by atoms with Gasteiger partial charge in [-0.2, -0.15) is 0 Å². The molecule has 4 heteroatoms. The lowest BCUT2D eigenvalue weighted by molar-refractivity contribution is 0.412. The maximum Gasteiger partial charge on any atom is 0.150 e. The molecule has 1 aromatic carbocycles. The van der Waals surface area contributed by atoms with E-state index in [0.29, 0.717) is 0 Å². The lowest BCUT2D eigenvalue weighted by Gasteiger charge is -2.11. The number of methoxy groups -OCH3 is 1. The minimum atomic E-state index is 0.774. The fraction of sp³-hybridized carbons (Fsp3) is 0.312. The third kappa shape index (κ3) is 3.96. The fourth-order valence-corrected chi connectivity index (χ4v) is 1.82. The first-order valence-electron chi connectivity index (χ1n) is 6.79. The molecule has 2 aromatic rings. The van der Waals surface area contributed by atoms with Crippen LogP contribution in [0.25, 0.3) is 0 Å².